The maximum absolute atomic E-state index is 4.78. The fourth-order valence-corrected chi connectivity index (χ4v) is 1.42. The van der Waals surface area contributed by atoms with Crippen molar-refractivity contribution in [1.29, 1.82) is 0 Å². The number of aromatic nitrogens is 1. The van der Waals surface area contributed by atoms with Crippen molar-refractivity contribution in [3.05, 3.63) is 23.0 Å². The Bertz CT molecular complexity index is 427. The SMILES string of the molecule is Cc1cc(C)c(C2=NC(=S)N=N2)[nH]1. The van der Waals surface area contributed by atoms with Crippen molar-refractivity contribution in [2.45, 2.75) is 13.8 Å². The van der Waals surface area contributed by atoms with Crippen LogP contribution in [-0.2, 0) is 0 Å². The molecule has 0 unspecified atom stereocenters. The van der Waals surface area contributed by atoms with Crippen molar-refractivity contribution in [1.82, 2.24) is 4.98 Å². The van der Waals surface area contributed by atoms with Crippen LogP contribution in [-0.4, -0.2) is 15.9 Å². The summed E-state index contributed by atoms with van der Waals surface area (Å²) in [5.41, 5.74) is 3.10. The zero-order valence-corrected chi connectivity index (χ0v) is 8.14. The first-order valence-electron chi connectivity index (χ1n) is 3.88. The van der Waals surface area contributed by atoms with Crippen molar-refractivity contribution in [2.75, 3.05) is 0 Å². The van der Waals surface area contributed by atoms with E-state index in [0.29, 0.717) is 10.9 Å². The van der Waals surface area contributed by atoms with Crippen LogP contribution in [0.3, 0.4) is 0 Å². The van der Waals surface area contributed by atoms with Gasteiger partial charge in [0.05, 0.1) is 5.69 Å². The van der Waals surface area contributed by atoms with Crippen LogP contribution in [0, 0.1) is 13.8 Å². The highest BCUT2D eigenvalue weighted by Gasteiger charge is 2.13. The van der Waals surface area contributed by atoms with Crippen LogP contribution in [0.4, 0.5) is 0 Å². The zero-order valence-electron chi connectivity index (χ0n) is 7.33. The number of aliphatic imine (C=N–C) groups is 1. The molecule has 1 aromatic rings. The lowest BCUT2D eigenvalue weighted by Crippen LogP contribution is -1.96. The van der Waals surface area contributed by atoms with Gasteiger partial charge in [0.1, 0.15) is 0 Å². The van der Waals surface area contributed by atoms with Crippen LogP contribution < -0.4 is 0 Å². The molecular formula is C8H8N4S. The van der Waals surface area contributed by atoms with E-state index in [-0.39, 0.29) is 0 Å². The zero-order chi connectivity index (χ0) is 9.42. The van der Waals surface area contributed by atoms with Crippen LogP contribution in [0.5, 0.6) is 0 Å². The van der Waals surface area contributed by atoms with E-state index in [2.05, 4.69) is 20.2 Å². The molecule has 1 N–H and O–H groups in total. The molecule has 0 bridgehead atoms. The van der Waals surface area contributed by atoms with Crippen LogP contribution in [0.2, 0.25) is 0 Å². The van der Waals surface area contributed by atoms with E-state index in [9.17, 15) is 0 Å². The number of hydrogen-bond acceptors (Lipinski definition) is 2. The van der Waals surface area contributed by atoms with Crippen LogP contribution in [0.25, 0.3) is 0 Å². The van der Waals surface area contributed by atoms with Gasteiger partial charge in [0.15, 0.2) is 0 Å². The summed E-state index contributed by atoms with van der Waals surface area (Å²) in [6.07, 6.45) is 0. The number of H-pyrrole nitrogens is 1. The van der Waals surface area contributed by atoms with Gasteiger partial charge in [-0.3, -0.25) is 0 Å². The molecule has 2 heterocycles. The van der Waals surface area contributed by atoms with E-state index >= 15 is 0 Å². The highest BCUT2D eigenvalue weighted by Crippen LogP contribution is 2.14. The summed E-state index contributed by atoms with van der Waals surface area (Å²) >= 11 is 4.78. The number of aromatic amines is 1. The molecule has 0 radical (unpaired) electrons. The summed E-state index contributed by atoms with van der Waals surface area (Å²) < 4.78 is 0. The fraction of sp³-hybridized carbons (Fsp3) is 0.250. The highest BCUT2D eigenvalue weighted by atomic mass is 32.1. The molecule has 0 fully saturated rings. The number of nitrogens with zero attached hydrogens (tertiary/aromatic N) is 3. The summed E-state index contributed by atoms with van der Waals surface area (Å²) in [4.78, 5) is 7.18. The lowest BCUT2D eigenvalue weighted by Gasteiger charge is -1.92. The predicted molar refractivity (Wildman–Crippen MR) is 54.3 cm³/mol. The Hall–Kier alpha value is -1.36. The van der Waals surface area contributed by atoms with E-state index in [1.54, 1.807) is 0 Å². The number of rotatable bonds is 1. The Balaban J connectivity index is 2.47. The number of azo groups is 1. The van der Waals surface area contributed by atoms with Crippen LogP contribution in [0.1, 0.15) is 17.0 Å². The van der Waals surface area contributed by atoms with E-state index in [4.69, 9.17) is 12.2 Å². The number of aryl methyl sites for hydroxylation is 2. The average molecular weight is 192 g/mol. The van der Waals surface area contributed by atoms with Crippen LogP contribution in [0.15, 0.2) is 21.3 Å². The normalized spacial score (nSPS) is 15.2. The second-order valence-corrected chi connectivity index (χ2v) is 3.29. The van der Waals surface area contributed by atoms with Gasteiger partial charge in [-0.25, -0.2) is 0 Å². The standard InChI is InChI=1S/C8H8N4S/c1-4-3-5(2)9-6(4)7-10-8(13)12-11-7/h3,9H,1-2H3. The molecule has 66 valence electrons. The molecule has 4 nitrogen and oxygen atoms in total. The molecular weight excluding hydrogens is 184 g/mol. The van der Waals surface area contributed by atoms with Crippen molar-refractivity contribution in [2.24, 2.45) is 15.2 Å². The molecule has 0 aliphatic carbocycles. The van der Waals surface area contributed by atoms with Crippen molar-refractivity contribution in [3.8, 4) is 0 Å². The maximum Gasteiger partial charge on any atom is 0.242 e. The Morgan fingerprint density at radius 1 is 1.31 bits per heavy atom. The number of nitrogens with one attached hydrogen (secondary N) is 1. The minimum atomic E-state index is 0.293. The number of hydrogen-bond donors (Lipinski definition) is 1. The molecule has 0 aromatic carbocycles. The molecule has 1 aliphatic heterocycles. The van der Waals surface area contributed by atoms with Gasteiger partial charge in [-0.05, 0) is 37.7 Å². The van der Waals surface area contributed by atoms with Gasteiger partial charge in [-0.15, -0.1) is 10.2 Å². The quantitative estimate of drug-likeness (QED) is 0.681. The van der Waals surface area contributed by atoms with Gasteiger partial charge in [-0.1, -0.05) is 0 Å². The third kappa shape index (κ3) is 1.42. The van der Waals surface area contributed by atoms with E-state index in [1.807, 2.05) is 19.9 Å². The van der Waals surface area contributed by atoms with Gasteiger partial charge in [0, 0.05) is 5.69 Å². The van der Waals surface area contributed by atoms with Gasteiger partial charge < -0.3 is 4.98 Å². The Labute approximate surface area is 80.8 Å². The van der Waals surface area contributed by atoms with Crippen molar-refractivity contribution < 1.29 is 0 Å². The minimum Gasteiger partial charge on any atom is -0.356 e. The Morgan fingerprint density at radius 3 is 2.54 bits per heavy atom. The largest absolute Gasteiger partial charge is 0.356 e. The Morgan fingerprint density at radius 2 is 2.08 bits per heavy atom. The topological polar surface area (TPSA) is 52.9 Å². The summed E-state index contributed by atoms with van der Waals surface area (Å²) in [6.45, 7) is 3.99. The maximum atomic E-state index is 4.78. The Kier molecular flexibility index (Phi) is 1.81. The molecule has 0 saturated heterocycles. The lowest BCUT2D eigenvalue weighted by atomic mass is 10.2. The summed E-state index contributed by atoms with van der Waals surface area (Å²) in [6, 6.07) is 2.04. The first-order chi connectivity index (χ1) is 6.16. The fourth-order valence-electron chi connectivity index (χ4n) is 1.29. The minimum absolute atomic E-state index is 0.293. The third-order valence-electron chi connectivity index (χ3n) is 1.80. The molecule has 2 rings (SSSR count). The van der Waals surface area contributed by atoms with Crippen LogP contribution >= 0.6 is 12.2 Å². The first kappa shape index (κ1) is 8.25. The highest BCUT2D eigenvalue weighted by molar-refractivity contribution is 7.80. The first-order valence-corrected chi connectivity index (χ1v) is 4.28. The van der Waals surface area contributed by atoms with Gasteiger partial charge in [0.2, 0.25) is 10.9 Å². The predicted octanol–water partition coefficient (Wildman–Crippen LogP) is 2.13. The summed E-state index contributed by atoms with van der Waals surface area (Å²) in [7, 11) is 0. The number of thiocarbonyl (C=S) groups is 1. The van der Waals surface area contributed by atoms with E-state index in [1.165, 1.54) is 0 Å². The molecule has 0 saturated carbocycles. The van der Waals surface area contributed by atoms with Crippen molar-refractivity contribution in [3.63, 3.8) is 0 Å². The summed E-state index contributed by atoms with van der Waals surface area (Å²) in [5, 5.41) is 7.83. The number of amidine groups is 1. The van der Waals surface area contributed by atoms with E-state index < -0.39 is 0 Å². The lowest BCUT2D eigenvalue weighted by molar-refractivity contribution is 1.23. The van der Waals surface area contributed by atoms with E-state index in [0.717, 1.165) is 17.0 Å². The van der Waals surface area contributed by atoms with Gasteiger partial charge in [-0.2, -0.15) is 4.99 Å². The molecule has 0 amide bonds. The molecule has 0 spiro atoms. The smallest absolute Gasteiger partial charge is 0.242 e. The summed E-state index contributed by atoms with van der Waals surface area (Å²) in [5.74, 6) is 0.579. The monoisotopic (exact) mass is 192 g/mol. The van der Waals surface area contributed by atoms with Gasteiger partial charge >= 0.3 is 0 Å². The molecule has 0 atom stereocenters. The second-order valence-electron chi connectivity index (χ2n) is 2.93. The molecule has 5 heteroatoms. The second kappa shape index (κ2) is 2.85. The molecule has 1 aliphatic rings. The molecule has 13 heavy (non-hydrogen) atoms. The average Bonchev–Trinajstić information content (AvgIpc) is 2.58. The molecule has 1 aromatic heterocycles. The van der Waals surface area contributed by atoms with Gasteiger partial charge in [0.25, 0.3) is 0 Å². The third-order valence-corrected chi connectivity index (χ3v) is 1.98. The van der Waals surface area contributed by atoms with Crippen molar-refractivity contribution >= 4 is 23.2 Å².